The SMILES string of the molecule is CC1(C)OB(c2cccc3c2sc2c(-n4c5ccccc5c5cccnc54)cccc23)OC1(C)C. The van der Waals surface area contributed by atoms with Crippen molar-refractivity contribution in [3.8, 4) is 5.69 Å². The van der Waals surface area contributed by atoms with E-state index in [0.717, 1.165) is 22.3 Å². The summed E-state index contributed by atoms with van der Waals surface area (Å²) in [6.45, 7) is 8.41. The normalized spacial score (nSPS) is 17.3. The lowest BCUT2D eigenvalue weighted by Gasteiger charge is -2.32. The molecular weight excluding hydrogens is 451 g/mol. The topological polar surface area (TPSA) is 36.3 Å². The lowest BCUT2D eigenvalue weighted by molar-refractivity contribution is 0.00578. The summed E-state index contributed by atoms with van der Waals surface area (Å²) < 4.78 is 17.6. The Bertz CT molecular complexity index is 1710. The van der Waals surface area contributed by atoms with Crippen LogP contribution in [0.15, 0.2) is 79.0 Å². The van der Waals surface area contributed by atoms with Crippen LogP contribution in [0.1, 0.15) is 27.7 Å². The van der Waals surface area contributed by atoms with E-state index in [4.69, 9.17) is 14.3 Å². The van der Waals surface area contributed by atoms with Crippen molar-refractivity contribution in [3.63, 3.8) is 0 Å². The van der Waals surface area contributed by atoms with Crippen LogP contribution in [0.5, 0.6) is 0 Å². The second-order valence-electron chi connectivity index (χ2n) is 10.3. The van der Waals surface area contributed by atoms with Gasteiger partial charge in [0.05, 0.1) is 27.1 Å². The molecule has 0 unspecified atom stereocenters. The van der Waals surface area contributed by atoms with Crippen LogP contribution in [0.2, 0.25) is 0 Å². The van der Waals surface area contributed by atoms with Crippen LogP contribution in [0.4, 0.5) is 0 Å². The van der Waals surface area contributed by atoms with Gasteiger partial charge < -0.3 is 9.31 Å². The standard InChI is InChI=1S/C29H25BN2O2S/c1-28(2)29(3,4)34-30(33-28)22-14-7-11-19-20-12-8-16-24(26(20)35-25(19)22)32-23-15-6-5-10-18(23)21-13-9-17-31-27(21)32/h5-17H,1-4H3. The first-order chi connectivity index (χ1) is 16.9. The first-order valence-electron chi connectivity index (χ1n) is 12.0. The largest absolute Gasteiger partial charge is 0.496 e. The highest BCUT2D eigenvalue weighted by Gasteiger charge is 2.52. The third kappa shape index (κ3) is 2.91. The van der Waals surface area contributed by atoms with Crippen molar-refractivity contribution < 1.29 is 9.31 Å². The molecule has 172 valence electrons. The molecule has 0 radical (unpaired) electrons. The number of fused-ring (bicyclic) bond motifs is 6. The molecule has 4 nitrogen and oxygen atoms in total. The fourth-order valence-electron chi connectivity index (χ4n) is 5.20. The van der Waals surface area contributed by atoms with Gasteiger partial charge in [0.1, 0.15) is 5.65 Å². The Hall–Kier alpha value is -3.19. The number of rotatable bonds is 2. The van der Waals surface area contributed by atoms with Gasteiger partial charge in [0.2, 0.25) is 0 Å². The Labute approximate surface area is 208 Å². The van der Waals surface area contributed by atoms with Gasteiger partial charge in [-0.15, -0.1) is 11.3 Å². The molecule has 1 aliphatic rings. The summed E-state index contributed by atoms with van der Waals surface area (Å²) in [5.41, 5.74) is 3.62. The predicted molar refractivity (Wildman–Crippen MR) is 147 cm³/mol. The minimum atomic E-state index is -0.393. The fourth-order valence-corrected chi connectivity index (χ4v) is 6.52. The smallest absolute Gasteiger partial charge is 0.399 e. The molecular formula is C29H25BN2O2S. The third-order valence-electron chi connectivity index (χ3n) is 7.72. The lowest BCUT2D eigenvalue weighted by atomic mass is 9.78. The quantitative estimate of drug-likeness (QED) is 0.257. The zero-order valence-corrected chi connectivity index (χ0v) is 21.0. The van der Waals surface area contributed by atoms with Gasteiger partial charge in [-0.3, -0.25) is 4.57 Å². The highest BCUT2D eigenvalue weighted by molar-refractivity contribution is 7.27. The number of hydrogen-bond donors (Lipinski definition) is 0. The lowest BCUT2D eigenvalue weighted by Crippen LogP contribution is -2.41. The molecule has 1 fully saturated rings. The second-order valence-corrected chi connectivity index (χ2v) is 11.3. The van der Waals surface area contributed by atoms with Crippen molar-refractivity contribution in [2.24, 2.45) is 0 Å². The van der Waals surface area contributed by atoms with Gasteiger partial charge in [0.25, 0.3) is 0 Å². The van der Waals surface area contributed by atoms with Gasteiger partial charge in [-0.25, -0.2) is 4.98 Å². The average molecular weight is 476 g/mol. The van der Waals surface area contributed by atoms with Gasteiger partial charge in [-0.1, -0.05) is 48.5 Å². The first kappa shape index (κ1) is 21.1. The Balaban J connectivity index is 1.51. The van der Waals surface area contributed by atoms with Crippen molar-refractivity contribution in [2.75, 3.05) is 0 Å². The van der Waals surface area contributed by atoms with E-state index in [2.05, 4.69) is 99.0 Å². The summed E-state index contributed by atoms with van der Waals surface area (Å²) in [6.07, 6.45) is 1.87. The Morgan fingerprint density at radius 2 is 1.37 bits per heavy atom. The minimum absolute atomic E-state index is 0.379. The molecule has 7 rings (SSSR count). The highest BCUT2D eigenvalue weighted by Crippen LogP contribution is 2.42. The van der Waals surface area contributed by atoms with Crippen molar-refractivity contribution in [3.05, 3.63) is 79.0 Å². The minimum Gasteiger partial charge on any atom is -0.399 e. The molecule has 6 heteroatoms. The molecule has 0 amide bonds. The van der Waals surface area contributed by atoms with Crippen LogP contribution in [-0.2, 0) is 9.31 Å². The van der Waals surface area contributed by atoms with E-state index >= 15 is 0 Å². The van der Waals surface area contributed by atoms with Crippen molar-refractivity contribution in [2.45, 2.75) is 38.9 Å². The van der Waals surface area contributed by atoms with Gasteiger partial charge in [-0.2, -0.15) is 0 Å². The number of thiophene rings is 1. The number of hydrogen-bond acceptors (Lipinski definition) is 4. The van der Waals surface area contributed by atoms with Gasteiger partial charge in [0.15, 0.2) is 0 Å². The molecule has 0 aliphatic carbocycles. The van der Waals surface area contributed by atoms with E-state index in [0.29, 0.717) is 0 Å². The van der Waals surface area contributed by atoms with Crippen molar-refractivity contribution >= 4 is 66.0 Å². The van der Waals surface area contributed by atoms with E-state index in [1.54, 1.807) is 0 Å². The Kier molecular flexibility index (Phi) is 4.33. The zero-order chi connectivity index (χ0) is 23.9. The molecule has 0 bridgehead atoms. The maximum absolute atomic E-state index is 6.44. The van der Waals surface area contributed by atoms with Crippen LogP contribution < -0.4 is 5.46 Å². The number of benzene rings is 3. The molecule has 0 saturated carbocycles. The monoisotopic (exact) mass is 476 g/mol. The maximum Gasteiger partial charge on any atom is 0.496 e. The van der Waals surface area contributed by atoms with Crippen molar-refractivity contribution in [1.29, 1.82) is 0 Å². The number of para-hydroxylation sites is 1. The van der Waals surface area contributed by atoms with Crippen LogP contribution in [0.25, 0.3) is 47.8 Å². The second kappa shape index (κ2) is 7.17. The van der Waals surface area contributed by atoms with Crippen LogP contribution >= 0.6 is 11.3 Å². The van der Waals surface area contributed by atoms with E-state index in [1.165, 1.54) is 30.9 Å². The van der Waals surface area contributed by atoms with E-state index in [9.17, 15) is 0 Å². The Morgan fingerprint density at radius 1 is 0.714 bits per heavy atom. The summed E-state index contributed by atoms with van der Waals surface area (Å²) in [5.74, 6) is 0. The van der Waals surface area contributed by atoms with Crippen LogP contribution in [-0.4, -0.2) is 27.9 Å². The van der Waals surface area contributed by atoms with Gasteiger partial charge >= 0.3 is 7.12 Å². The summed E-state index contributed by atoms with van der Waals surface area (Å²) in [6, 6.07) is 25.7. The van der Waals surface area contributed by atoms with E-state index in [1.807, 2.05) is 23.6 Å². The summed E-state index contributed by atoms with van der Waals surface area (Å²) >= 11 is 1.81. The first-order valence-corrected chi connectivity index (χ1v) is 12.8. The average Bonchev–Trinajstić information content (AvgIpc) is 3.46. The molecule has 4 heterocycles. The van der Waals surface area contributed by atoms with E-state index in [-0.39, 0.29) is 11.2 Å². The Morgan fingerprint density at radius 3 is 2.17 bits per heavy atom. The molecule has 3 aromatic heterocycles. The number of aromatic nitrogens is 2. The molecule has 0 spiro atoms. The summed E-state index contributed by atoms with van der Waals surface area (Å²) in [4.78, 5) is 4.80. The molecule has 0 N–H and O–H groups in total. The molecule has 35 heavy (non-hydrogen) atoms. The molecule has 3 aromatic carbocycles. The van der Waals surface area contributed by atoms with E-state index < -0.39 is 7.12 Å². The summed E-state index contributed by atoms with van der Waals surface area (Å²) in [5, 5.41) is 4.85. The predicted octanol–water partition coefficient (Wildman–Crippen LogP) is 6.85. The summed E-state index contributed by atoms with van der Waals surface area (Å²) in [7, 11) is -0.393. The maximum atomic E-state index is 6.44. The number of nitrogens with zero attached hydrogens (tertiary/aromatic N) is 2. The van der Waals surface area contributed by atoms with Crippen molar-refractivity contribution in [1.82, 2.24) is 9.55 Å². The van der Waals surface area contributed by atoms with Gasteiger partial charge in [-0.05, 0) is 52.0 Å². The van der Waals surface area contributed by atoms with Crippen LogP contribution in [0, 0.1) is 0 Å². The number of pyridine rings is 1. The van der Waals surface area contributed by atoms with Gasteiger partial charge in [0, 0.05) is 37.9 Å². The zero-order valence-electron chi connectivity index (χ0n) is 20.2. The molecule has 1 aliphatic heterocycles. The van der Waals surface area contributed by atoms with Crippen LogP contribution in [0.3, 0.4) is 0 Å². The highest BCUT2D eigenvalue weighted by atomic mass is 32.1. The third-order valence-corrected chi connectivity index (χ3v) is 9.01. The molecule has 0 atom stereocenters. The fraction of sp³-hybridized carbons (Fsp3) is 0.207. The molecule has 6 aromatic rings. The molecule has 1 saturated heterocycles.